The van der Waals surface area contributed by atoms with E-state index in [0.717, 1.165) is 29.0 Å². The summed E-state index contributed by atoms with van der Waals surface area (Å²) < 4.78 is 61.8. The Labute approximate surface area is 314 Å². The van der Waals surface area contributed by atoms with E-state index in [1.807, 2.05) is 0 Å². The van der Waals surface area contributed by atoms with E-state index in [1.54, 1.807) is 0 Å². The van der Waals surface area contributed by atoms with E-state index in [-0.39, 0.29) is 48.7 Å². The fourth-order valence-corrected chi connectivity index (χ4v) is 8.02. The maximum absolute atomic E-state index is 12.6. The number of amides is 1. The van der Waals surface area contributed by atoms with Gasteiger partial charge in [-0.25, -0.2) is 28.6 Å². The van der Waals surface area contributed by atoms with Crippen LogP contribution in [0.3, 0.4) is 0 Å². The number of hydrogen-bond acceptors (Lipinski definition) is 21. The third-order valence-electron chi connectivity index (χ3n) is 7.24. The average Bonchev–Trinajstić information content (AvgIpc) is 3.63. The molecule has 0 radical (unpaired) electrons. The summed E-state index contributed by atoms with van der Waals surface area (Å²) in [4.78, 5) is 88.8. The van der Waals surface area contributed by atoms with Gasteiger partial charge in [-0.1, -0.05) is 25.6 Å². The van der Waals surface area contributed by atoms with Crippen molar-refractivity contribution in [2.24, 2.45) is 10.4 Å². The summed E-state index contributed by atoms with van der Waals surface area (Å²) >= 11 is 0.790. The van der Waals surface area contributed by atoms with Crippen LogP contribution in [0, 0.1) is 5.41 Å². The molecule has 55 heavy (non-hydrogen) atoms. The van der Waals surface area contributed by atoms with E-state index in [0.29, 0.717) is 0 Å². The minimum absolute atomic E-state index is 0.0172. The first-order valence-electron chi connectivity index (χ1n) is 15.6. The van der Waals surface area contributed by atoms with Crippen LogP contribution >= 0.6 is 35.2 Å². The Morgan fingerprint density at radius 2 is 1.76 bits per heavy atom. The topological polar surface area (TPSA) is 410 Å². The lowest BCUT2D eigenvalue weighted by Gasteiger charge is -2.30. The van der Waals surface area contributed by atoms with Gasteiger partial charge in [0.05, 0.1) is 19.5 Å². The number of nitrogens with two attached hydrogens (primary N) is 1. The van der Waals surface area contributed by atoms with Gasteiger partial charge in [0.15, 0.2) is 22.8 Å². The van der Waals surface area contributed by atoms with E-state index in [1.165, 1.54) is 13.8 Å². The first-order valence-corrected chi connectivity index (χ1v) is 21.1. The molecular formula is C25H38N7O19P3S-2. The second-order valence-corrected chi connectivity index (χ2v) is 17.5. The van der Waals surface area contributed by atoms with Crippen molar-refractivity contribution in [3.05, 3.63) is 12.7 Å². The molecule has 1 aliphatic heterocycles. The number of phosphoric ester groups is 3. The maximum atomic E-state index is 12.6. The average molecular weight is 866 g/mol. The monoisotopic (exact) mass is 865 g/mol. The predicted molar refractivity (Wildman–Crippen MR) is 181 cm³/mol. The second kappa shape index (κ2) is 19.5. The van der Waals surface area contributed by atoms with Gasteiger partial charge >= 0.3 is 23.5 Å². The van der Waals surface area contributed by atoms with Crippen molar-refractivity contribution in [2.75, 3.05) is 37.8 Å². The number of nitrogens with one attached hydrogen (secondary N) is 1. The van der Waals surface area contributed by atoms with Crippen molar-refractivity contribution in [2.45, 2.75) is 63.8 Å². The van der Waals surface area contributed by atoms with Crippen LogP contribution in [0.25, 0.3) is 11.2 Å². The largest absolute Gasteiger partial charge is 0.862 e. The highest BCUT2D eigenvalue weighted by atomic mass is 32.2. The van der Waals surface area contributed by atoms with Gasteiger partial charge in [0.1, 0.15) is 36.3 Å². The van der Waals surface area contributed by atoms with Crippen molar-refractivity contribution in [3.63, 3.8) is 0 Å². The number of hydrogen-bond donors (Lipinski definition) is 8. The number of aliphatic carboxylic acids is 1. The van der Waals surface area contributed by atoms with Crippen LogP contribution in [0.1, 0.15) is 39.3 Å². The highest BCUT2D eigenvalue weighted by Gasteiger charge is 2.50. The Kier molecular flexibility index (Phi) is 16.4. The molecule has 3 unspecified atom stereocenters. The van der Waals surface area contributed by atoms with Crippen LogP contribution in [0.4, 0.5) is 5.82 Å². The number of carbonyl (C=O) groups is 3. The molecular weight excluding hydrogens is 827 g/mol. The van der Waals surface area contributed by atoms with E-state index >= 15 is 0 Å². The first-order chi connectivity index (χ1) is 25.4. The van der Waals surface area contributed by atoms with Crippen molar-refractivity contribution in [1.29, 1.82) is 0 Å². The van der Waals surface area contributed by atoms with E-state index in [2.05, 4.69) is 34.1 Å². The quantitative estimate of drug-likeness (QED) is 0.0250. The Hall–Kier alpha value is -2.97. The highest BCUT2D eigenvalue weighted by Crippen LogP contribution is 2.61. The molecule has 0 spiro atoms. The summed E-state index contributed by atoms with van der Waals surface area (Å²) in [6.07, 6.45) is -7.85. The summed E-state index contributed by atoms with van der Waals surface area (Å²) in [6.45, 7) is 0.00108. The number of phosphoric acid groups is 3. The molecule has 0 aromatic carbocycles. The SMILES string of the molecule is CC(C)(COP(=O)(O)OP(=O)(O)OC[C@H]1O[C@@H](n2cnc3c(N)ncnc32)[C@H](O)[C@@H]1OP(=O)(O)O)C(O)C(=O)NCCC([O-])=NCCSC(=O)CCC(=O)[O-]. The molecule has 1 fully saturated rings. The number of aliphatic imine (C=N–C) groups is 1. The smallest absolute Gasteiger partial charge is 0.481 e. The third kappa shape index (κ3) is 14.5. The summed E-state index contributed by atoms with van der Waals surface area (Å²) in [5.74, 6) is -3.00. The molecule has 30 heteroatoms. The maximum Gasteiger partial charge on any atom is 0.481 e. The Balaban J connectivity index is 1.51. The molecule has 2 aromatic heterocycles. The minimum Gasteiger partial charge on any atom is -0.862 e. The molecule has 2 aromatic rings. The van der Waals surface area contributed by atoms with Gasteiger partial charge in [0.25, 0.3) is 0 Å². The van der Waals surface area contributed by atoms with E-state index < -0.39 is 102 Å². The summed E-state index contributed by atoms with van der Waals surface area (Å²) in [5, 5.41) is 45.5. The van der Waals surface area contributed by atoms with Gasteiger partial charge in [0, 0.05) is 36.6 Å². The molecule has 7 atom stereocenters. The zero-order valence-corrected chi connectivity index (χ0v) is 32.3. The van der Waals surface area contributed by atoms with Crippen molar-refractivity contribution in [3.8, 4) is 0 Å². The number of aromatic nitrogens is 4. The number of aliphatic hydroxyl groups is 2. The molecule has 3 rings (SSSR count). The lowest BCUT2D eigenvalue weighted by molar-refractivity contribution is -0.305. The number of nitrogens with zero attached hydrogens (tertiary/aromatic N) is 5. The number of carboxylic acids is 1. The zero-order chi connectivity index (χ0) is 41.4. The molecule has 1 aliphatic rings. The fraction of sp³-hybridized carbons (Fsp3) is 0.640. The molecule has 3 heterocycles. The molecule has 9 N–H and O–H groups in total. The number of rotatable bonds is 22. The van der Waals surface area contributed by atoms with Crippen LogP contribution in [0.5, 0.6) is 0 Å². The number of fused-ring (bicyclic) bond motifs is 1. The number of aliphatic hydroxyl groups excluding tert-OH is 2. The molecule has 1 saturated heterocycles. The number of carboxylic acid groups (broad SMARTS) is 1. The molecule has 0 aliphatic carbocycles. The van der Waals surface area contributed by atoms with Gasteiger partial charge < -0.3 is 65.6 Å². The van der Waals surface area contributed by atoms with Crippen molar-refractivity contribution >= 4 is 75.1 Å². The van der Waals surface area contributed by atoms with Gasteiger partial charge in [-0.05, 0) is 18.7 Å². The summed E-state index contributed by atoms with van der Waals surface area (Å²) in [6, 6.07) is 0. The van der Waals surface area contributed by atoms with E-state index in [9.17, 15) is 68.1 Å². The van der Waals surface area contributed by atoms with Gasteiger partial charge in [-0.15, -0.1) is 0 Å². The molecule has 1 amide bonds. The van der Waals surface area contributed by atoms with E-state index in [4.69, 9.17) is 19.5 Å². The minimum atomic E-state index is -5.59. The van der Waals surface area contributed by atoms with Crippen LogP contribution in [0.15, 0.2) is 17.6 Å². The number of anilines is 1. The van der Waals surface area contributed by atoms with Crippen LogP contribution in [0.2, 0.25) is 0 Å². The molecule has 0 saturated carbocycles. The Morgan fingerprint density at radius 1 is 1.09 bits per heavy atom. The first kappa shape index (κ1) is 46.4. The molecule has 0 bridgehead atoms. The number of ether oxygens (including phenoxy) is 1. The van der Waals surface area contributed by atoms with Crippen molar-refractivity contribution < 1.29 is 90.7 Å². The zero-order valence-electron chi connectivity index (χ0n) is 28.8. The standard InChI is InChI=1S/C25H40N7O19P3S/c1-25(2,20(38)23(39)28-6-5-14(33)27-7-8-55-16(36)4-3-15(34)35)10-48-54(45,46)51-53(43,44)47-9-13-19(50-52(40,41)42)18(37)24(49-13)32-12-31-17-21(26)29-11-30-22(17)32/h11-13,18-20,24,37-38H,3-10H2,1-2H3,(H,27,33)(H,28,39)(H,34,35)(H,43,44)(H,45,46)(H2,26,29,30)(H2,40,41,42)/p-2/t13-,18-,19-,20?,24-/m1/s1. The molecule has 310 valence electrons. The van der Waals surface area contributed by atoms with Gasteiger partial charge in [-0.3, -0.25) is 27.7 Å². The number of nitrogen functional groups attached to an aromatic ring is 1. The number of imidazole rings is 1. The molecule has 26 nitrogen and oxygen atoms in total. The van der Waals surface area contributed by atoms with Crippen LogP contribution in [-0.4, -0.2) is 129 Å². The highest BCUT2D eigenvalue weighted by molar-refractivity contribution is 8.13. The Morgan fingerprint density at radius 3 is 2.42 bits per heavy atom. The normalized spacial score (nSPS) is 22.2. The second-order valence-electron chi connectivity index (χ2n) is 12.1. The number of carbonyl (C=O) groups excluding carboxylic acids is 3. The fourth-order valence-electron chi connectivity index (χ4n) is 4.53. The van der Waals surface area contributed by atoms with Crippen LogP contribution < -0.4 is 21.3 Å². The number of thioether (sulfide) groups is 1. The lowest BCUT2D eigenvalue weighted by atomic mass is 9.87. The predicted octanol–water partition coefficient (Wildman–Crippen LogP) is -3.16. The van der Waals surface area contributed by atoms with Crippen LogP contribution in [-0.2, 0) is 50.7 Å². The lowest BCUT2D eigenvalue weighted by Crippen LogP contribution is -2.46. The van der Waals surface area contributed by atoms with Gasteiger partial charge in [-0.2, -0.15) is 4.31 Å². The third-order valence-corrected chi connectivity index (χ3v) is 11.3. The summed E-state index contributed by atoms with van der Waals surface area (Å²) in [7, 11) is -16.5. The van der Waals surface area contributed by atoms with Crippen molar-refractivity contribution in [1.82, 2.24) is 24.8 Å². The Bertz CT molecular complexity index is 1860. The summed E-state index contributed by atoms with van der Waals surface area (Å²) in [5.41, 5.74) is 4.18. The van der Waals surface area contributed by atoms with Gasteiger partial charge in [0.2, 0.25) is 5.91 Å².